The average molecular weight is 333 g/mol. The molecule has 1 aromatic rings. The number of hydrogen-bond acceptors (Lipinski definition) is 6. The smallest absolute Gasteiger partial charge is 0.247 e. The minimum Gasteiger partial charge on any atom is -0.311 e. The molecule has 2 rings (SSSR count). The molecule has 0 unspecified atom stereocenters. The largest absolute Gasteiger partial charge is 0.311 e. The van der Waals surface area contributed by atoms with Crippen LogP contribution in [0, 0.1) is 0 Å². The zero-order valence-corrected chi connectivity index (χ0v) is 12.7. The van der Waals surface area contributed by atoms with Crippen molar-refractivity contribution in [3.8, 4) is 0 Å². The van der Waals surface area contributed by atoms with E-state index < -0.39 is 25.1 Å². The first kappa shape index (κ1) is 15.9. The van der Waals surface area contributed by atoms with Gasteiger partial charge < -0.3 is 5.32 Å². The van der Waals surface area contributed by atoms with Crippen molar-refractivity contribution in [2.75, 3.05) is 6.54 Å². The van der Waals surface area contributed by atoms with E-state index in [4.69, 9.17) is 5.14 Å². The number of sulfone groups is 1. The maximum atomic E-state index is 12.1. The van der Waals surface area contributed by atoms with E-state index in [0.717, 1.165) is 11.3 Å². The highest BCUT2D eigenvalue weighted by molar-refractivity contribution is 7.95. The van der Waals surface area contributed by atoms with Gasteiger partial charge in [-0.3, -0.25) is 0 Å². The van der Waals surface area contributed by atoms with Gasteiger partial charge in [-0.1, -0.05) is 0 Å². The van der Waals surface area contributed by atoms with Crippen LogP contribution in [0.3, 0.4) is 0 Å². The summed E-state index contributed by atoms with van der Waals surface area (Å²) in [4.78, 5) is 0. The van der Waals surface area contributed by atoms with Crippen LogP contribution in [0.15, 0.2) is 14.5 Å². The quantitative estimate of drug-likeness (QED) is 0.757. The Morgan fingerprint density at radius 3 is 2.67 bits per heavy atom. The SMILES string of the molecule is C[C@H]1CNCc2cc(S(N)(=O)=O)sc2S1(=O)=O.Cl. The van der Waals surface area contributed by atoms with E-state index in [1.165, 1.54) is 6.07 Å². The van der Waals surface area contributed by atoms with E-state index in [9.17, 15) is 16.8 Å². The Balaban J connectivity index is 0.00000162. The Labute approximate surface area is 116 Å². The average Bonchev–Trinajstić information content (AvgIpc) is 2.57. The summed E-state index contributed by atoms with van der Waals surface area (Å²) in [6.07, 6.45) is 0. The molecule has 2 heterocycles. The summed E-state index contributed by atoms with van der Waals surface area (Å²) in [5.41, 5.74) is 0.475. The Kier molecular flexibility index (Phi) is 4.46. The van der Waals surface area contributed by atoms with Gasteiger partial charge in [0, 0.05) is 13.1 Å². The Bertz CT molecular complexity index is 650. The predicted octanol–water partition coefficient (Wildman–Crippen LogP) is 0.0827. The number of nitrogens with two attached hydrogens (primary N) is 1. The molecule has 1 aliphatic heterocycles. The molecule has 104 valence electrons. The number of fused-ring (bicyclic) bond motifs is 1. The molecule has 0 saturated carbocycles. The summed E-state index contributed by atoms with van der Waals surface area (Å²) in [5.74, 6) is 0. The third kappa shape index (κ3) is 2.70. The highest BCUT2D eigenvalue weighted by atomic mass is 35.5. The van der Waals surface area contributed by atoms with Crippen LogP contribution in [0.25, 0.3) is 0 Å². The minimum atomic E-state index is -3.85. The van der Waals surface area contributed by atoms with Gasteiger partial charge in [0.2, 0.25) is 10.0 Å². The lowest BCUT2D eigenvalue weighted by molar-refractivity contribution is 0.581. The molecule has 0 bridgehead atoms. The monoisotopic (exact) mass is 332 g/mol. The number of nitrogens with one attached hydrogen (secondary N) is 1. The lowest BCUT2D eigenvalue weighted by Crippen LogP contribution is -2.27. The molecule has 10 heteroatoms. The van der Waals surface area contributed by atoms with Crippen LogP contribution in [-0.4, -0.2) is 28.6 Å². The maximum absolute atomic E-state index is 12.1. The van der Waals surface area contributed by atoms with Gasteiger partial charge in [-0.2, -0.15) is 0 Å². The van der Waals surface area contributed by atoms with Gasteiger partial charge >= 0.3 is 0 Å². The van der Waals surface area contributed by atoms with E-state index in [1.54, 1.807) is 6.92 Å². The summed E-state index contributed by atoms with van der Waals surface area (Å²) in [7, 11) is -7.31. The molecule has 0 fully saturated rings. The first-order chi connectivity index (χ1) is 7.73. The number of thiophene rings is 1. The molecule has 1 atom stereocenters. The van der Waals surface area contributed by atoms with Crippen molar-refractivity contribution >= 4 is 43.6 Å². The van der Waals surface area contributed by atoms with Crippen molar-refractivity contribution in [1.29, 1.82) is 0 Å². The van der Waals surface area contributed by atoms with Crippen LogP contribution >= 0.6 is 23.7 Å². The molecule has 18 heavy (non-hydrogen) atoms. The molecule has 0 saturated heterocycles. The molecule has 0 amide bonds. The summed E-state index contributed by atoms with van der Waals surface area (Å²) in [5, 5.41) is 7.39. The third-order valence-electron chi connectivity index (χ3n) is 2.56. The molecular weight excluding hydrogens is 320 g/mol. The lowest BCUT2D eigenvalue weighted by atomic mass is 10.3. The van der Waals surface area contributed by atoms with Gasteiger partial charge in [0.05, 0.1) is 5.25 Å². The number of primary sulfonamides is 1. The zero-order valence-electron chi connectivity index (χ0n) is 9.41. The van der Waals surface area contributed by atoms with Crippen molar-refractivity contribution in [1.82, 2.24) is 5.32 Å². The second-order valence-corrected chi connectivity index (χ2v) is 9.31. The second kappa shape index (κ2) is 5.06. The number of rotatable bonds is 1. The standard InChI is InChI=1S/C8H12N2O4S3.ClH/c1-5-3-10-4-6-2-7(17(9,13)14)15-8(6)16(5,11)12;/h2,5,10H,3-4H2,1H3,(H2,9,13,14);1H/t5-;/m0./s1. The fourth-order valence-electron chi connectivity index (χ4n) is 1.59. The van der Waals surface area contributed by atoms with Crippen molar-refractivity contribution in [2.45, 2.75) is 27.1 Å². The summed E-state index contributed by atoms with van der Waals surface area (Å²) in [6, 6.07) is 1.33. The van der Waals surface area contributed by atoms with E-state index >= 15 is 0 Å². The summed E-state index contributed by atoms with van der Waals surface area (Å²) >= 11 is 0.725. The normalized spacial score (nSPS) is 22.7. The van der Waals surface area contributed by atoms with Crippen LogP contribution in [0.5, 0.6) is 0 Å². The van der Waals surface area contributed by atoms with Crippen LogP contribution in [0.1, 0.15) is 12.5 Å². The van der Waals surface area contributed by atoms with Gasteiger partial charge in [0.25, 0.3) is 0 Å². The van der Waals surface area contributed by atoms with E-state index in [0.29, 0.717) is 18.7 Å². The lowest BCUT2D eigenvalue weighted by Gasteiger charge is -2.07. The maximum Gasteiger partial charge on any atom is 0.247 e. The number of sulfonamides is 1. The Morgan fingerprint density at radius 2 is 2.11 bits per heavy atom. The second-order valence-electron chi connectivity index (χ2n) is 3.91. The number of hydrogen-bond donors (Lipinski definition) is 2. The van der Waals surface area contributed by atoms with Crippen LogP contribution < -0.4 is 10.5 Å². The van der Waals surface area contributed by atoms with Crippen molar-refractivity contribution in [3.05, 3.63) is 11.6 Å². The van der Waals surface area contributed by atoms with E-state index in [-0.39, 0.29) is 20.8 Å². The van der Waals surface area contributed by atoms with Crippen LogP contribution in [-0.2, 0) is 26.4 Å². The fraction of sp³-hybridized carbons (Fsp3) is 0.500. The summed E-state index contributed by atoms with van der Waals surface area (Å²) < 4.78 is 46.6. The third-order valence-corrected chi connectivity index (χ3v) is 7.91. The van der Waals surface area contributed by atoms with E-state index in [2.05, 4.69) is 5.32 Å². The Morgan fingerprint density at radius 1 is 1.50 bits per heavy atom. The van der Waals surface area contributed by atoms with Crippen molar-refractivity contribution < 1.29 is 16.8 Å². The molecule has 1 aliphatic rings. The van der Waals surface area contributed by atoms with Crippen LogP contribution in [0.4, 0.5) is 0 Å². The first-order valence-corrected chi connectivity index (χ1v) is 8.74. The fourth-order valence-corrected chi connectivity index (χ4v) is 5.85. The molecular formula is C8H13ClN2O4S3. The summed E-state index contributed by atoms with van der Waals surface area (Å²) in [6.45, 7) is 2.28. The predicted molar refractivity (Wildman–Crippen MR) is 71.3 cm³/mol. The molecule has 0 aromatic carbocycles. The minimum absolute atomic E-state index is 0. The van der Waals surface area contributed by atoms with Gasteiger partial charge in [0.15, 0.2) is 9.84 Å². The highest BCUT2D eigenvalue weighted by Gasteiger charge is 2.32. The molecule has 6 nitrogen and oxygen atoms in total. The van der Waals surface area contributed by atoms with Gasteiger partial charge in [-0.05, 0) is 18.6 Å². The van der Waals surface area contributed by atoms with Crippen molar-refractivity contribution in [3.63, 3.8) is 0 Å². The molecule has 0 radical (unpaired) electrons. The van der Waals surface area contributed by atoms with Gasteiger partial charge in [-0.25, -0.2) is 22.0 Å². The molecule has 0 spiro atoms. The Hall–Kier alpha value is -0.190. The number of halogens is 1. The highest BCUT2D eigenvalue weighted by Crippen LogP contribution is 2.33. The van der Waals surface area contributed by atoms with Gasteiger partial charge in [0.1, 0.15) is 8.42 Å². The molecule has 3 N–H and O–H groups in total. The van der Waals surface area contributed by atoms with Crippen molar-refractivity contribution in [2.24, 2.45) is 5.14 Å². The topological polar surface area (TPSA) is 106 Å². The molecule has 0 aliphatic carbocycles. The molecule has 1 aromatic heterocycles. The zero-order chi connectivity index (χ0) is 12.8. The van der Waals surface area contributed by atoms with Crippen LogP contribution in [0.2, 0.25) is 0 Å². The van der Waals surface area contributed by atoms with Gasteiger partial charge in [-0.15, -0.1) is 23.7 Å². The van der Waals surface area contributed by atoms with E-state index in [1.807, 2.05) is 0 Å². The first-order valence-electron chi connectivity index (χ1n) is 4.83.